The summed E-state index contributed by atoms with van der Waals surface area (Å²) >= 11 is 0. The largest absolute Gasteiger partial charge is 0.334 e. The number of carbonyl (C=O) groups excluding carboxylic acids is 1. The lowest BCUT2D eigenvalue weighted by Gasteiger charge is -2.23. The van der Waals surface area contributed by atoms with E-state index in [1.807, 2.05) is 0 Å². The van der Waals surface area contributed by atoms with Crippen LogP contribution in [-0.2, 0) is 0 Å². The summed E-state index contributed by atoms with van der Waals surface area (Å²) in [7, 11) is 0. The lowest BCUT2D eigenvalue weighted by molar-refractivity contribution is 0.0736. The lowest BCUT2D eigenvalue weighted by Crippen LogP contribution is -2.40. The predicted molar refractivity (Wildman–Crippen MR) is 64.2 cm³/mol. The third-order valence-corrected chi connectivity index (χ3v) is 3.27. The molecule has 1 aromatic carbocycles. The van der Waals surface area contributed by atoms with E-state index in [9.17, 15) is 9.18 Å². The maximum absolute atomic E-state index is 13.7. The highest BCUT2D eigenvalue weighted by molar-refractivity contribution is 5.95. The van der Waals surface area contributed by atoms with E-state index in [1.165, 1.54) is 6.07 Å². The molecule has 1 atom stereocenters. The number of halogens is 1. The number of hydrogen-bond acceptors (Lipinski definition) is 2. The topological polar surface area (TPSA) is 46.3 Å². The molecule has 4 heteroatoms. The zero-order valence-electron chi connectivity index (χ0n) is 9.95. The molecule has 0 unspecified atom stereocenters. The minimum absolute atomic E-state index is 0.0585. The van der Waals surface area contributed by atoms with E-state index in [0.29, 0.717) is 13.1 Å². The molecular formula is C13H17FN2O. The number of nitrogens with zero attached hydrogens (tertiary/aromatic N) is 1. The summed E-state index contributed by atoms with van der Waals surface area (Å²) in [6, 6.07) is 4.76. The van der Waals surface area contributed by atoms with Crippen LogP contribution >= 0.6 is 0 Å². The van der Waals surface area contributed by atoms with Crippen molar-refractivity contribution >= 4 is 5.91 Å². The number of hydrogen-bond donors (Lipinski definition) is 1. The van der Waals surface area contributed by atoms with Gasteiger partial charge in [-0.3, -0.25) is 4.79 Å². The fraction of sp³-hybridized carbons (Fsp3) is 0.462. The number of amides is 1. The van der Waals surface area contributed by atoms with Gasteiger partial charge in [0, 0.05) is 19.1 Å². The van der Waals surface area contributed by atoms with E-state index in [1.54, 1.807) is 24.0 Å². The van der Waals surface area contributed by atoms with Gasteiger partial charge in [-0.1, -0.05) is 6.07 Å². The third-order valence-electron chi connectivity index (χ3n) is 3.27. The molecule has 1 aliphatic heterocycles. The first-order valence-corrected chi connectivity index (χ1v) is 5.90. The minimum atomic E-state index is -0.447. The molecule has 0 aromatic heterocycles. The molecule has 3 nitrogen and oxygen atoms in total. The van der Waals surface area contributed by atoms with Crippen LogP contribution < -0.4 is 5.73 Å². The summed E-state index contributed by atoms with van der Waals surface area (Å²) in [5.74, 6) is -0.687. The van der Waals surface area contributed by atoms with Crippen LogP contribution in [-0.4, -0.2) is 29.9 Å². The predicted octanol–water partition coefficient (Wildman–Crippen LogP) is 1.70. The van der Waals surface area contributed by atoms with Crippen molar-refractivity contribution in [2.75, 3.05) is 13.1 Å². The van der Waals surface area contributed by atoms with Crippen molar-refractivity contribution in [3.8, 4) is 0 Å². The number of aryl methyl sites for hydroxylation is 1. The quantitative estimate of drug-likeness (QED) is 0.849. The van der Waals surface area contributed by atoms with E-state index in [-0.39, 0.29) is 17.5 Å². The van der Waals surface area contributed by atoms with Crippen LogP contribution in [0.15, 0.2) is 18.2 Å². The molecule has 2 N–H and O–H groups in total. The Bertz CT molecular complexity index is 433. The van der Waals surface area contributed by atoms with E-state index in [0.717, 1.165) is 18.4 Å². The molecule has 1 saturated heterocycles. The number of benzene rings is 1. The Morgan fingerprint density at radius 3 is 3.00 bits per heavy atom. The minimum Gasteiger partial charge on any atom is -0.334 e. The SMILES string of the molecule is Cc1ccc(C(=O)N2CCC[C@H]2CN)c(F)c1. The summed E-state index contributed by atoms with van der Waals surface area (Å²) in [5, 5.41) is 0. The average Bonchev–Trinajstić information content (AvgIpc) is 2.76. The molecule has 0 bridgehead atoms. The number of likely N-dealkylation sites (tertiary alicyclic amines) is 1. The number of rotatable bonds is 2. The molecule has 0 radical (unpaired) electrons. The summed E-state index contributed by atoms with van der Waals surface area (Å²) in [4.78, 5) is 13.9. The molecule has 92 valence electrons. The van der Waals surface area contributed by atoms with Gasteiger partial charge >= 0.3 is 0 Å². The maximum atomic E-state index is 13.7. The van der Waals surface area contributed by atoms with Crippen LogP contribution in [0.3, 0.4) is 0 Å². The normalized spacial score (nSPS) is 19.7. The van der Waals surface area contributed by atoms with Crippen molar-refractivity contribution in [3.05, 3.63) is 35.1 Å². The Morgan fingerprint density at radius 1 is 1.59 bits per heavy atom. The van der Waals surface area contributed by atoms with Crippen LogP contribution in [0.5, 0.6) is 0 Å². The fourth-order valence-electron chi connectivity index (χ4n) is 2.30. The van der Waals surface area contributed by atoms with Gasteiger partial charge in [0.15, 0.2) is 0 Å². The second-order valence-electron chi connectivity index (χ2n) is 4.51. The van der Waals surface area contributed by atoms with Gasteiger partial charge in [0.05, 0.1) is 5.56 Å². The maximum Gasteiger partial charge on any atom is 0.257 e. The van der Waals surface area contributed by atoms with Gasteiger partial charge in [-0.05, 0) is 37.5 Å². The molecule has 0 aliphatic carbocycles. The lowest BCUT2D eigenvalue weighted by atomic mass is 10.1. The second kappa shape index (κ2) is 4.84. The Morgan fingerprint density at radius 2 is 2.35 bits per heavy atom. The van der Waals surface area contributed by atoms with Gasteiger partial charge in [-0.15, -0.1) is 0 Å². The first-order valence-electron chi connectivity index (χ1n) is 5.90. The van der Waals surface area contributed by atoms with E-state index < -0.39 is 5.82 Å². The summed E-state index contributed by atoms with van der Waals surface area (Å²) in [6.07, 6.45) is 1.86. The molecule has 2 rings (SSSR count). The highest BCUT2D eigenvalue weighted by Gasteiger charge is 2.29. The van der Waals surface area contributed by atoms with E-state index >= 15 is 0 Å². The summed E-state index contributed by atoms with van der Waals surface area (Å²) in [6.45, 7) is 2.92. The van der Waals surface area contributed by atoms with Crippen molar-refractivity contribution in [2.45, 2.75) is 25.8 Å². The Kier molecular flexibility index (Phi) is 3.43. The van der Waals surface area contributed by atoms with Crippen molar-refractivity contribution in [1.82, 2.24) is 4.90 Å². The van der Waals surface area contributed by atoms with Crippen LogP contribution in [0.1, 0.15) is 28.8 Å². The molecule has 1 aliphatic rings. The van der Waals surface area contributed by atoms with Crippen molar-refractivity contribution in [1.29, 1.82) is 0 Å². The third kappa shape index (κ3) is 2.31. The van der Waals surface area contributed by atoms with Crippen LogP contribution in [0.25, 0.3) is 0 Å². The van der Waals surface area contributed by atoms with Gasteiger partial charge < -0.3 is 10.6 Å². The first kappa shape index (κ1) is 12.0. The number of carbonyl (C=O) groups is 1. The zero-order valence-corrected chi connectivity index (χ0v) is 9.95. The Labute approximate surface area is 100 Å². The molecule has 1 fully saturated rings. The summed E-state index contributed by atoms with van der Waals surface area (Å²) < 4.78 is 13.7. The van der Waals surface area contributed by atoms with Gasteiger partial charge in [0.1, 0.15) is 5.82 Å². The van der Waals surface area contributed by atoms with E-state index in [2.05, 4.69) is 0 Å². The fourth-order valence-corrected chi connectivity index (χ4v) is 2.30. The Balaban J connectivity index is 2.24. The molecule has 1 amide bonds. The van der Waals surface area contributed by atoms with Gasteiger partial charge in [0.2, 0.25) is 0 Å². The van der Waals surface area contributed by atoms with Crippen LogP contribution in [0.4, 0.5) is 4.39 Å². The molecular weight excluding hydrogens is 219 g/mol. The molecule has 0 spiro atoms. The zero-order chi connectivity index (χ0) is 12.4. The smallest absolute Gasteiger partial charge is 0.257 e. The van der Waals surface area contributed by atoms with Gasteiger partial charge in [0.25, 0.3) is 5.91 Å². The first-order chi connectivity index (χ1) is 8.13. The number of nitrogens with two attached hydrogens (primary N) is 1. The van der Waals surface area contributed by atoms with Crippen LogP contribution in [0.2, 0.25) is 0 Å². The van der Waals surface area contributed by atoms with Crippen molar-refractivity contribution in [2.24, 2.45) is 5.73 Å². The molecule has 17 heavy (non-hydrogen) atoms. The molecule has 1 heterocycles. The standard InChI is InChI=1S/C13H17FN2O/c1-9-4-5-11(12(14)7-9)13(17)16-6-2-3-10(16)8-15/h4-5,7,10H,2-3,6,8,15H2,1H3/t10-/m0/s1. The molecule has 0 saturated carbocycles. The highest BCUT2D eigenvalue weighted by Crippen LogP contribution is 2.21. The highest BCUT2D eigenvalue weighted by atomic mass is 19.1. The Hall–Kier alpha value is -1.42. The monoisotopic (exact) mass is 236 g/mol. The molecule has 1 aromatic rings. The van der Waals surface area contributed by atoms with Gasteiger partial charge in [-0.2, -0.15) is 0 Å². The van der Waals surface area contributed by atoms with Crippen molar-refractivity contribution in [3.63, 3.8) is 0 Å². The summed E-state index contributed by atoms with van der Waals surface area (Å²) in [5.41, 5.74) is 6.58. The van der Waals surface area contributed by atoms with E-state index in [4.69, 9.17) is 5.73 Å². The van der Waals surface area contributed by atoms with Crippen LogP contribution in [0, 0.1) is 12.7 Å². The van der Waals surface area contributed by atoms with Gasteiger partial charge in [-0.25, -0.2) is 4.39 Å². The average molecular weight is 236 g/mol. The second-order valence-corrected chi connectivity index (χ2v) is 4.51. The van der Waals surface area contributed by atoms with Crippen molar-refractivity contribution < 1.29 is 9.18 Å².